The molecule has 0 aliphatic carbocycles. The van der Waals surface area contributed by atoms with Crippen molar-refractivity contribution < 1.29 is 4.79 Å². The Kier molecular flexibility index (Phi) is 3.69. The maximum absolute atomic E-state index is 11.1. The molecule has 0 aromatic heterocycles. The molecule has 0 aromatic carbocycles. The van der Waals surface area contributed by atoms with Gasteiger partial charge >= 0.3 is 0 Å². The van der Waals surface area contributed by atoms with Gasteiger partial charge in [0, 0.05) is 39.1 Å². The number of hydrogen-bond acceptors (Lipinski definition) is 3. The molecule has 0 saturated carbocycles. The summed E-state index contributed by atoms with van der Waals surface area (Å²) in [5.41, 5.74) is 5.47. The molecule has 1 aliphatic heterocycles. The number of likely N-dealkylation sites (tertiary alicyclic amines) is 1. The molecular formula is C9H19N3O. The molecule has 1 heterocycles. The van der Waals surface area contributed by atoms with Gasteiger partial charge in [0.15, 0.2) is 0 Å². The Morgan fingerprint density at radius 1 is 1.69 bits per heavy atom. The molecule has 0 spiro atoms. The van der Waals surface area contributed by atoms with E-state index in [0.717, 1.165) is 26.1 Å². The Morgan fingerprint density at radius 2 is 2.38 bits per heavy atom. The van der Waals surface area contributed by atoms with Crippen LogP contribution in [0.3, 0.4) is 0 Å². The maximum atomic E-state index is 11.1. The summed E-state index contributed by atoms with van der Waals surface area (Å²) in [4.78, 5) is 15.2. The van der Waals surface area contributed by atoms with E-state index in [9.17, 15) is 4.79 Å². The van der Waals surface area contributed by atoms with Crippen LogP contribution in [-0.2, 0) is 4.79 Å². The molecule has 2 N–H and O–H groups in total. The van der Waals surface area contributed by atoms with E-state index in [1.807, 2.05) is 4.90 Å². The second-order valence-corrected chi connectivity index (χ2v) is 3.68. The van der Waals surface area contributed by atoms with Gasteiger partial charge in [-0.3, -0.25) is 4.79 Å². The Morgan fingerprint density at radius 3 is 2.85 bits per heavy atom. The van der Waals surface area contributed by atoms with E-state index in [2.05, 4.69) is 11.9 Å². The SMILES string of the molecule is CC(=O)N1CC[C@H](N(C)CCN)C1. The molecule has 0 unspecified atom stereocenters. The second kappa shape index (κ2) is 4.58. The summed E-state index contributed by atoms with van der Waals surface area (Å²) in [7, 11) is 2.07. The Balaban J connectivity index is 2.35. The van der Waals surface area contributed by atoms with Crippen molar-refractivity contribution in [3.8, 4) is 0 Å². The van der Waals surface area contributed by atoms with Crippen LogP contribution in [0.2, 0.25) is 0 Å². The standard InChI is InChI=1S/C9H19N3O/c1-8(13)12-5-3-9(7-12)11(2)6-4-10/h9H,3-7,10H2,1-2H3/t9-/m0/s1. The van der Waals surface area contributed by atoms with Crippen molar-refractivity contribution in [3.05, 3.63) is 0 Å². The highest BCUT2D eigenvalue weighted by molar-refractivity contribution is 5.73. The highest BCUT2D eigenvalue weighted by Gasteiger charge is 2.26. The monoisotopic (exact) mass is 185 g/mol. The summed E-state index contributed by atoms with van der Waals surface area (Å²) in [6.45, 7) is 5.00. The number of nitrogens with zero attached hydrogens (tertiary/aromatic N) is 2. The van der Waals surface area contributed by atoms with Crippen molar-refractivity contribution in [2.75, 3.05) is 33.2 Å². The summed E-state index contributed by atoms with van der Waals surface area (Å²) in [5, 5.41) is 0. The smallest absolute Gasteiger partial charge is 0.219 e. The molecule has 1 fully saturated rings. The van der Waals surface area contributed by atoms with Gasteiger partial charge in [-0.2, -0.15) is 0 Å². The van der Waals surface area contributed by atoms with E-state index in [1.165, 1.54) is 0 Å². The van der Waals surface area contributed by atoms with Gasteiger partial charge in [0.2, 0.25) is 5.91 Å². The number of hydrogen-bond donors (Lipinski definition) is 1. The third kappa shape index (κ3) is 2.67. The van der Waals surface area contributed by atoms with Crippen LogP contribution in [0.25, 0.3) is 0 Å². The van der Waals surface area contributed by atoms with Crippen molar-refractivity contribution >= 4 is 5.91 Å². The molecule has 4 heteroatoms. The van der Waals surface area contributed by atoms with Crippen LogP contribution in [0.1, 0.15) is 13.3 Å². The lowest BCUT2D eigenvalue weighted by Gasteiger charge is -2.23. The molecule has 1 rings (SSSR count). The van der Waals surface area contributed by atoms with Gasteiger partial charge in [0.05, 0.1) is 0 Å². The number of likely N-dealkylation sites (N-methyl/N-ethyl adjacent to an activating group) is 1. The van der Waals surface area contributed by atoms with Crippen molar-refractivity contribution in [3.63, 3.8) is 0 Å². The van der Waals surface area contributed by atoms with Crippen molar-refractivity contribution in [2.45, 2.75) is 19.4 Å². The van der Waals surface area contributed by atoms with Crippen LogP contribution in [0.5, 0.6) is 0 Å². The van der Waals surface area contributed by atoms with E-state index in [1.54, 1.807) is 6.92 Å². The topological polar surface area (TPSA) is 49.6 Å². The zero-order chi connectivity index (χ0) is 9.84. The Bertz CT molecular complexity index is 184. The van der Waals surface area contributed by atoms with Gasteiger partial charge in [-0.1, -0.05) is 0 Å². The van der Waals surface area contributed by atoms with Crippen LogP contribution in [0.15, 0.2) is 0 Å². The molecule has 76 valence electrons. The van der Waals surface area contributed by atoms with Crippen LogP contribution in [-0.4, -0.2) is 55.0 Å². The first-order chi connectivity index (χ1) is 6.15. The van der Waals surface area contributed by atoms with Crippen molar-refractivity contribution in [2.24, 2.45) is 5.73 Å². The lowest BCUT2D eigenvalue weighted by atomic mass is 10.2. The van der Waals surface area contributed by atoms with E-state index in [4.69, 9.17) is 5.73 Å². The van der Waals surface area contributed by atoms with Crippen molar-refractivity contribution in [1.29, 1.82) is 0 Å². The lowest BCUT2D eigenvalue weighted by Crippen LogP contribution is -2.38. The average molecular weight is 185 g/mol. The normalized spacial score (nSPS) is 22.8. The van der Waals surface area contributed by atoms with Crippen LogP contribution >= 0.6 is 0 Å². The van der Waals surface area contributed by atoms with Gasteiger partial charge in [-0.05, 0) is 13.5 Å². The number of carbonyl (C=O) groups is 1. The first kappa shape index (κ1) is 10.5. The van der Waals surface area contributed by atoms with Gasteiger partial charge < -0.3 is 15.5 Å². The summed E-state index contributed by atoms with van der Waals surface area (Å²) in [5.74, 6) is 0.184. The average Bonchev–Trinajstić information content (AvgIpc) is 2.52. The fourth-order valence-electron chi connectivity index (χ4n) is 1.77. The van der Waals surface area contributed by atoms with Crippen LogP contribution in [0, 0.1) is 0 Å². The largest absolute Gasteiger partial charge is 0.341 e. The second-order valence-electron chi connectivity index (χ2n) is 3.68. The summed E-state index contributed by atoms with van der Waals surface area (Å²) >= 11 is 0. The van der Waals surface area contributed by atoms with Gasteiger partial charge in [-0.15, -0.1) is 0 Å². The number of carbonyl (C=O) groups excluding carboxylic acids is 1. The van der Waals surface area contributed by atoms with Crippen LogP contribution < -0.4 is 5.73 Å². The molecule has 1 amide bonds. The van der Waals surface area contributed by atoms with E-state index in [-0.39, 0.29) is 5.91 Å². The molecule has 1 aliphatic rings. The lowest BCUT2D eigenvalue weighted by molar-refractivity contribution is -0.127. The molecule has 13 heavy (non-hydrogen) atoms. The summed E-state index contributed by atoms with van der Waals surface area (Å²) in [6, 6.07) is 0.507. The zero-order valence-electron chi connectivity index (χ0n) is 8.49. The quantitative estimate of drug-likeness (QED) is 0.645. The van der Waals surface area contributed by atoms with Gasteiger partial charge in [-0.25, -0.2) is 0 Å². The number of nitrogens with two attached hydrogens (primary N) is 1. The first-order valence-electron chi connectivity index (χ1n) is 4.81. The highest BCUT2D eigenvalue weighted by Crippen LogP contribution is 2.13. The molecule has 0 aromatic rings. The minimum Gasteiger partial charge on any atom is -0.341 e. The zero-order valence-corrected chi connectivity index (χ0v) is 8.49. The number of rotatable bonds is 3. The third-order valence-electron chi connectivity index (χ3n) is 2.71. The van der Waals surface area contributed by atoms with Gasteiger partial charge in [0.1, 0.15) is 0 Å². The summed E-state index contributed by atoms with van der Waals surface area (Å²) in [6.07, 6.45) is 1.08. The Hall–Kier alpha value is -0.610. The highest BCUT2D eigenvalue weighted by atomic mass is 16.2. The van der Waals surface area contributed by atoms with Crippen LogP contribution in [0.4, 0.5) is 0 Å². The van der Waals surface area contributed by atoms with E-state index >= 15 is 0 Å². The fraction of sp³-hybridized carbons (Fsp3) is 0.889. The third-order valence-corrected chi connectivity index (χ3v) is 2.71. The molecule has 0 bridgehead atoms. The number of amides is 1. The first-order valence-corrected chi connectivity index (χ1v) is 4.81. The Labute approximate surface area is 79.7 Å². The fourth-order valence-corrected chi connectivity index (χ4v) is 1.77. The molecule has 1 saturated heterocycles. The summed E-state index contributed by atoms with van der Waals surface area (Å²) < 4.78 is 0. The van der Waals surface area contributed by atoms with Gasteiger partial charge in [0.25, 0.3) is 0 Å². The molecule has 4 nitrogen and oxygen atoms in total. The predicted octanol–water partition coefficient (Wildman–Crippen LogP) is -0.502. The predicted molar refractivity (Wildman–Crippen MR) is 52.3 cm³/mol. The molecule has 1 atom stereocenters. The minimum absolute atomic E-state index is 0.184. The molecule has 0 radical (unpaired) electrons. The van der Waals surface area contributed by atoms with E-state index in [0.29, 0.717) is 12.6 Å². The van der Waals surface area contributed by atoms with E-state index < -0.39 is 0 Å². The minimum atomic E-state index is 0.184. The van der Waals surface area contributed by atoms with Crippen molar-refractivity contribution in [1.82, 2.24) is 9.80 Å². The molecular weight excluding hydrogens is 166 g/mol. The maximum Gasteiger partial charge on any atom is 0.219 e.